The third-order valence-corrected chi connectivity index (χ3v) is 2.83. The normalized spacial score (nSPS) is 14.1. The summed E-state index contributed by atoms with van der Waals surface area (Å²) in [6.45, 7) is 2.52. The number of hydrogen-bond acceptors (Lipinski definition) is 4. The highest BCUT2D eigenvalue weighted by Crippen LogP contribution is 2.23. The van der Waals surface area contributed by atoms with E-state index in [1.54, 1.807) is 13.3 Å². The standard InChI is InChI=1S/C13H19N3O2/c1-9-7-11(12(18-2)8-15-9)14-6-5-13(17)16-10-3-4-10/h7-8,10H,3-6H2,1-2H3,(H,14,15)(H,16,17). The smallest absolute Gasteiger partial charge is 0.221 e. The number of nitrogens with zero attached hydrogens (tertiary/aromatic N) is 1. The van der Waals surface area contributed by atoms with Crippen molar-refractivity contribution in [2.75, 3.05) is 19.0 Å². The van der Waals surface area contributed by atoms with E-state index in [0.717, 1.165) is 24.2 Å². The van der Waals surface area contributed by atoms with Crippen molar-refractivity contribution in [3.63, 3.8) is 0 Å². The zero-order chi connectivity index (χ0) is 13.0. The number of carbonyl (C=O) groups is 1. The summed E-state index contributed by atoms with van der Waals surface area (Å²) in [5.41, 5.74) is 1.80. The minimum atomic E-state index is 0.106. The Hall–Kier alpha value is -1.78. The van der Waals surface area contributed by atoms with Crippen LogP contribution in [-0.4, -0.2) is 30.6 Å². The van der Waals surface area contributed by atoms with Gasteiger partial charge in [-0.15, -0.1) is 0 Å². The van der Waals surface area contributed by atoms with Gasteiger partial charge in [-0.2, -0.15) is 0 Å². The second-order valence-electron chi connectivity index (χ2n) is 4.54. The first-order chi connectivity index (χ1) is 8.69. The van der Waals surface area contributed by atoms with E-state index in [-0.39, 0.29) is 5.91 Å². The Balaban J connectivity index is 1.81. The molecule has 0 aromatic carbocycles. The van der Waals surface area contributed by atoms with Crippen LogP contribution in [0.5, 0.6) is 5.75 Å². The molecule has 1 fully saturated rings. The van der Waals surface area contributed by atoms with Crippen molar-refractivity contribution in [2.45, 2.75) is 32.2 Å². The number of pyridine rings is 1. The molecule has 1 heterocycles. The Labute approximate surface area is 107 Å². The summed E-state index contributed by atoms with van der Waals surface area (Å²) in [5, 5.41) is 6.16. The Kier molecular flexibility index (Phi) is 4.02. The Morgan fingerprint density at radius 3 is 3.00 bits per heavy atom. The molecule has 1 aliphatic rings. The van der Waals surface area contributed by atoms with Crippen LogP contribution >= 0.6 is 0 Å². The predicted molar refractivity (Wildman–Crippen MR) is 69.8 cm³/mol. The van der Waals surface area contributed by atoms with E-state index < -0.39 is 0 Å². The summed E-state index contributed by atoms with van der Waals surface area (Å²) in [7, 11) is 1.61. The number of rotatable bonds is 6. The van der Waals surface area contributed by atoms with E-state index in [2.05, 4.69) is 15.6 Å². The third-order valence-electron chi connectivity index (χ3n) is 2.83. The van der Waals surface area contributed by atoms with Gasteiger partial charge >= 0.3 is 0 Å². The molecule has 0 aliphatic heterocycles. The molecule has 5 heteroatoms. The van der Waals surface area contributed by atoms with Crippen molar-refractivity contribution in [1.82, 2.24) is 10.3 Å². The van der Waals surface area contributed by atoms with Gasteiger partial charge in [0.2, 0.25) is 5.91 Å². The molecular weight excluding hydrogens is 230 g/mol. The fourth-order valence-electron chi connectivity index (χ4n) is 1.69. The van der Waals surface area contributed by atoms with Crippen molar-refractivity contribution in [2.24, 2.45) is 0 Å². The summed E-state index contributed by atoms with van der Waals surface area (Å²) in [6.07, 6.45) is 4.40. The van der Waals surface area contributed by atoms with E-state index in [0.29, 0.717) is 24.8 Å². The molecule has 1 aromatic rings. The maximum atomic E-state index is 11.5. The maximum absolute atomic E-state index is 11.5. The molecule has 1 amide bonds. The summed E-state index contributed by atoms with van der Waals surface area (Å²) >= 11 is 0. The highest BCUT2D eigenvalue weighted by Gasteiger charge is 2.22. The molecule has 1 aromatic heterocycles. The zero-order valence-electron chi connectivity index (χ0n) is 10.8. The fourth-order valence-corrected chi connectivity index (χ4v) is 1.69. The number of hydrogen-bond donors (Lipinski definition) is 2. The van der Waals surface area contributed by atoms with E-state index >= 15 is 0 Å². The van der Waals surface area contributed by atoms with Gasteiger partial charge in [0.25, 0.3) is 0 Å². The molecule has 0 atom stereocenters. The van der Waals surface area contributed by atoms with E-state index in [1.807, 2.05) is 13.0 Å². The third kappa shape index (κ3) is 3.61. The summed E-state index contributed by atoms with van der Waals surface area (Å²) in [4.78, 5) is 15.7. The van der Waals surface area contributed by atoms with Gasteiger partial charge in [0.1, 0.15) is 0 Å². The topological polar surface area (TPSA) is 63.2 Å². The number of anilines is 1. The van der Waals surface area contributed by atoms with Crippen molar-refractivity contribution in [1.29, 1.82) is 0 Å². The van der Waals surface area contributed by atoms with Crippen LogP contribution in [0.2, 0.25) is 0 Å². The number of carbonyl (C=O) groups excluding carboxylic acids is 1. The van der Waals surface area contributed by atoms with Gasteiger partial charge in [0, 0.05) is 24.7 Å². The largest absolute Gasteiger partial charge is 0.493 e. The Morgan fingerprint density at radius 1 is 1.56 bits per heavy atom. The summed E-state index contributed by atoms with van der Waals surface area (Å²) < 4.78 is 5.21. The van der Waals surface area contributed by atoms with Gasteiger partial charge in [-0.05, 0) is 25.8 Å². The zero-order valence-corrected chi connectivity index (χ0v) is 10.8. The first-order valence-corrected chi connectivity index (χ1v) is 6.23. The molecule has 0 unspecified atom stereocenters. The predicted octanol–water partition coefficient (Wildman–Crippen LogP) is 1.48. The highest BCUT2D eigenvalue weighted by atomic mass is 16.5. The molecule has 5 nitrogen and oxygen atoms in total. The molecular formula is C13H19N3O2. The molecule has 0 radical (unpaired) electrons. The lowest BCUT2D eigenvalue weighted by atomic mass is 10.3. The van der Waals surface area contributed by atoms with E-state index in [1.165, 1.54) is 0 Å². The molecule has 1 saturated carbocycles. The van der Waals surface area contributed by atoms with Crippen LogP contribution in [0.15, 0.2) is 12.3 Å². The second-order valence-corrected chi connectivity index (χ2v) is 4.54. The highest BCUT2D eigenvalue weighted by molar-refractivity contribution is 5.77. The first-order valence-electron chi connectivity index (χ1n) is 6.23. The number of amides is 1. The second kappa shape index (κ2) is 5.71. The van der Waals surface area contributed by atoms with E-state index in [4.69, 9.17) is 4.74 Å². The summed E-state index contributed by atoms with van der Waals surface area (Å²) in [6, 6.07) is 2.34. The molecule has 0 bridgehead atoms. The van der Waals surface area contributed by atoms with Crippen LogP contribution in [0.4, 0.5) is 5.69 Å². The van der Waals surface area contributed by atoms with Crippen LogP contribution in [0.3, 0.4) is 0 Å². The molecule has 2 N–H and O–H groups in total. The SMILES string of the molecule is COc1cnc(C)cc1NCCC(=O)NC1CC1. The molecule has 1 aliphatic carbocycles. The first kappa shape index (κ1) is 12.7. The van der Waals surface area contributed by atoms with Crippen LogP contribution < -0.4 is 15.4 Å². The number of nitrogens with one attached hydrogen (secondary N) is 2. The number of methoxy groups -OCH3 is 1. The quantitative estimate of drug-likeness (QED) is 0.801. The van der Waals surface area contributed by atoms with Crippen LogP contribution in [0, 0.1) is 6.92 Å². The van der Waals surface area contributed by atoms with Gasteiger partial charge in [0.15, 0.2) is 5.75 Å². The molecule has 2 rings (SSSR count). The maximum Gasteiger partial charge on any atom is 0.221 e. The van der Waals surface area contributed by atoms with Gasteiger partial charge in [0.05, 0.1) is 19.0 Å². The van der Waals surface area contributed by atoms with Crippen molar-refractivity contribution >= 4 is 11.6 Å². The number of aryl methyl sites for hydroxylation is 1. The lowest BCUT2D eigenvalue weighted by Crippen LogP contribution is -2.27. The van der Waals surface area contributed by atoms with Gasteiger partial charge in [-0.25, -0.2) is 0 Å². The average Bonchev–Trinajstić information content (AvgIpc) is 3.13. The number of aromatic nitrogens is 1. The molecule has 18 heavy (non-hydrogen) atoms. The van der Waals surface area contributed by atoms with Crippen LogP contribution in [0.1, 0.15) is 25.0 Å². The number of ether oxygens (including phenoxy) is 1. The van der Waals surface area contributed by atoms with Crippen LogP contribution in [-0.2, 0) is 4.79 Å². The fraction of sp³-hybridized carbons (Fsp3) is 0.538. The molecule has 0 spiro atoms. The lowest BCUT2D eigenvalue weighted by molar-refractivity contribution is -0.120. The van der Waals surface area contributed by atoms with Crippen molar-refractivity contribution < 1.29 is 9.53 Å². The summed E-state index contributed by atoms with van der Waals surface area (Å²) in [5.74, 6) is 0.804. The Morgan fingerprint density at radius 2 is 2.33 bits per heavy atom. The molecule has 0 saturated heterocycles. The van der Waals surface area contributed by atoms with Crippen molar-refractivity contribution in [3.05, 3.63) is 18.0 Å². The monoisotopic (exact) mass is 249 g/mol. The minimum Gasteiger partial charge on any atom is -0.493 e. The van der Waals surface area contributed by atoms with Gasteiger partial charge < -0.3 is 15.4 Å². The van der Waals surface area contributed by atoms with Gasteiger partial charge in [-0.1, -0.05) is 0 Å². The lowest BCUT2D eigenvalue weighted by Gasteiger charge is -2.11. The minimum absolute atomic E-state index is 0.106. The Bertz CT molecular complexity index is 430. The average molecular weight is 249 g/mol. The van der Waals surface area contributed by atoms with Gasteiger partial charge in [-0.3, -0.25) is 9.78 Å². The van der Waals surface area contributed by atoms with Crippen molar-refractivity contribution in [3.8, 4) is 5.75 Å². The van der Waals surface area contributed by atoms with Crippen LogP contribution in [0.25, 0.3) is 0 Å². The molecule has 98 valence electrons. The van der Waals surface area contributed by atoms with E-state index in [9.17, 15) is 4.79 Å².